The standard InChI is InChI=1S/C16H14ClNO4/c1-22-15(21)7-6-13(19)16-14(20)8-10(9-18-16)11-4-2-3-5-12(11)17/h2-5,8-9,20H,6-7H2,1H3. The van der Waals surface area contributed by atoms with Crippen LogP contribution in [0.25, 0.3) is 11.1 Å². The van der Waals surface area contributed by atoms with Gasteiger partial charge < -0.3 is 9.84 Å². The van der Waals surface area contributed by atoms with Gasteiger partial charge in [-0.2, -0.15) is 0 Å². The van der Waals surface area contributed by atoms with Gasteiger partial charge in [0.05, 0.1) is 13.5 Å². The van der Waals surface area contributed by atoms with Gasteiger partial charge in [-0.3, -0.25) is 9.59 Å². The lowest BCUT2D eigenvalue weighted by molar-refractivity contribution is -0.140. The van der Waals surface area contributed by atoms with E-state index in [9.17, 15) is 14.7 Å². The zero-order chi connectivity index (χ0) is 16.1. The van der Waals surface area contributed by atoms with Crippen LogP contribution in [-0.4, -0.2) is 29.0 Å². The molecule has 22 heavy (non-hydrogen) atoms. The first-order valence-electron chi connectivity index (χ1n) is 6.57. The molecule has 5 nitrogen and oxygen atoms in total. The van der Waals surface area contributed by atoms with Crippen LogP contribution in [0.4, 0.5) is 0 Å². The minimum absolute atomic E-state index is 0.0529. The van der Waals surface area contributed by atoms with Gasteiger partial charge in [-0.25, -0.2) is 4.98 Å². The second-order valence-corrected chi connectivity index (χ2v) is 4.98. The summed E-state index contributed by atoms with van der Waals surface area (Å²) in [6, 6.07) is 8.55. The van der Waals surface area contributed by atoms with Gasteiger partial charge in [0.25, 0.3) is 0 Å². The molecule has 0 fully saturated rings. The summed E-state index contributed by atoms with van der Waals surface area (Å²) in [5.41, 5.74) is 1.24. The van der Waals surface area contributed by atoms with Gasteiger partial charge in [0.15, 0.2) is 5.78 Å². The zero-order valence-corrected chi connectivity index (χ0v) is 12.6. The number of hydrogen-bond donors (Lipinski definition) is 1. The molecule has 0 atom stereocenters. The van der Waals surface area contributed by atoms with Crippen molar-refractivity contribution < 1.29 is 19.4 Å². The Kier molecular flexibility index (Phi) is 5.12. The molecule has 0 saturated carbocycles. The molecule has 114 valence electrons. The summed E-state index contributed by atoms with van der Waals surface area (Å²) in [6.45, 7) is 0. The molecule has 1 heterocycles. The predicted molar refractivity (Wildman–Crippen MR) is 81.9 cm³/mol. The highest BCUT2D eigenvalue weighted by atomic mass is 35.5. The van der Waals surface area contributed by atoms with Crippen LogP contribution in [0, 0.1) is 0 Å². The van der Waals surface area contributed by atoms with E-state index in [2.05, 4.69) is 9.72 Å². The molecule has 0 unspecified atom stereocenters. The van der Waals surface area contributed by atoms with Gasteiger partial charge in [-0.05, 0) is 12.1 Å². The Bertz CT molecular complexity index is 715. The number of methoxy groups -OCH3 is 1. The van der Waals surface area contributed by atoms with Gasteiger partial charge in [0, 0.05) is 28.8 Å². The maximum atomic E-state index is 11.9. The quantitative estimate of drug-likeness (QED) is 0.676. The molecular formula is C16H14ClNO4. The average molecular weight is 320 g/mol. The molecule has 6 heteroatoms. The van der Waals surface area contributed by atoms with Crippen molar-refractivity contribution in [1.82, 2.24) is 4.98 Å². The minimum Gasteiger partial charge on any atom is -0.506 e. The zero-order valence-electron chi connectivity index (χ0n) is 11.9. The van der Waals surface area contributed by atoms with Gasteiger partial charge in [0.1, 0.15) is 11.4 Å². The first-order valence-corrected chi connectivity index (χ1v) is 6.94. The van der Waals surface area contributed by atoms with Gasteiger partial charge in [-0.1, -0.05) is 29.8 Å². The van der Waals surface area contributed by atoms with E-state index >= 15 is 0 Å². The number of benzene rings is 1. The topological polar surface area (TPSA) is 76.5 Å². The third-order valence-electron chi connectivity index (χ3n) is 3.10. The van der Waals surface area contributed by atoms with E-state index in [-0.39, 0.29) is 24.3 Å². The minimum atomic E-state index is -0.486. The van der Waals surface area contributed by atoms with E-state index in [1.165, 1.54) is 19.4 Å². The highest BCUT2D eigenvalue weighted by Gasteiger charge is 2.16. The van der Waals surface area contributed by atoms with Crippen molar-refractivity contribution in [2.75, 3.05) is 7.11 Å². The number of carbonyl (C=O) groups excluding carboxylic acids is 2. The van der Waals surface area contributed by atoms with Crippen molar-refractivity contribution in [1.29, 1.82) is 0 Å². The molecule has 0 saturated heterocycles. The summed E-state index contributed by atoms with van der Waals surface area (Å²) in [5.74, 6) is -1.15. The van der Waals surface area contributed by atoms with Crippen LogP contribution >= 0.6 is 11.6 Å². The number of ketones is 1. The Morgan fingerprint density at radius 2 is 2.00 bits per heavy atom. The second kappa shape index (κ2) is 7.04. The summed E-state index contributed by atoms with van der Waals surface area (Å²) in [4.78, 5) is 27.0. The van der Waals surface area contributed by atoms with Crippen molar-refractivity contribution >= 4 is 23.4 Å². The SMILES string of the molecule is COC(=O)CCC(=O)c1ncc(-c2ccccc2Cl)cc1O. The number of esters is 1. The summed E-state index contributed by atoms with van der Waals surface area (Å²) in [7, 11) is 1.25. The fraction of sp³-hybridized carbons (Fsp3) is 0.188. The van der Waals surface area contributed by atoms with Crippen molar-refractivity contribution in [2.24, 2.45) is 0 Å². The lowest BCUT2D eigenvalue weighted by atomic mass is 10.1. The molecule has 0 amide bonds. The lowest BCUT2D eigenvalue weighted by Gasteiger charge is -2.07. The molecule has 2 aromatic rings. The number of aromatic nitrogens is 1. The van der Waals surface area contributed by atoms with Crippen LogP contribution in [0.15, 0.2) is 36.5 Å². The molecule has 0 radical (unpaired) electrons. The lowest BCUT2D eigenvalue weighted by Crippen LogP contribution is -2.07. The molecule has 0 spiro atoms. The Hall–Kier alpha value is -2.40. The molecule has 0 aliphatic carbocycles. The van der Waals surface area contributed by atoms with Crippen LogP contribution < -0.4 is 0 Å². The molecular weight excluding hydrogens is 306 g/mol. The van der Waals surface area contributed by atoms with E-state index in [1.807, 2.05) is 6.07 Å². The van der Waals surface area contributed by atoms with Crippen molar-refractivity contribution in [3.05, 3.63) is 47.2 Å². The van der Waals surface area contributed by atoms with Crippen LogP contribution in [0.2, 0.25) is 5.02 Å². The average Bonchev–Trinajstić information content (AvgIpc) is 2.52. The number of carbonyl (C=O) groups is 2. The maximum Gasteiger partial charge on any atom is 0.305 e. The van der Waals surface area contributed by atoms with E-state index in [1.54, 1.807) is 18.2 Å². The van der Waals surface area contributed by atoms with Crippen molar-refractivity contribution in [3.63, 3.8) is 0 Å². The molecule has 2 rings (SSSR count). The van der Waals surface area contributed by atoms with Crippen molar-refractivity contribution in [3.8, 4) is 16.9 Å². The third kappa shape index (κ3) is 3.62. The molecule has 1 aromatic heterocycles. The number of aromatic hydroxyl groups is 1. The molecule has 0 aliphatic rings. The Morgan fingerprint density at radius 1 is 1.27 bits per heavy atom. The normalized spacial score (nSPS) is 10.3. The number of hydrogen-bond acceptors (Lipinski definition) is 5. The van der Waals surface area contributed by atoms with E-state index in [4.69, 9.17) is 11.6 Å². The fourth-order valence-electron chi connectivity index (χ4n) is 1.95. The van der Waals surface area contributed by atoms with Gasteiger partial charge >= 0.3 is 5.97 Å². The summed E-state index contributed by atoms with van der Waals surface area (Å²) in [5, 5.41) is 10.5. The summed E-state index contributed by atoms with van der Waals surface area (Å²) in [6.07, 6.45) is 1.34. The first kappa shape index (κ1) is 16.0. The first-order chi connectivity index (χ1) is 10.5. The maximum absolute atomic E-state index is 11.9. The largest absolute Gasteiger partial charge is 0.506 e. The molecule has 0 aliphatic heterocycles. The number of pyridine rings is 1. The number of rotatable bonds is 5. The number of ether oxygens (including phenoxy) is 1. The smallest absolute Gasteiger partial charge is 0.305 e. The summed E-state index contributed by atoms with van der Waals surface area (Å²) >= 11 is 6.09. The van der Waals surface area contributed by atoms with Crippen LogP contribution in [0.5, 0.6) is 5.75 Å². The molecule has 0 bridgehead atoms. The highest BCUT2D eigenvalue weighted by molar-refractivity contribution is 6.33. The van der Waals surface area contributed by atoms with Crippen molar-refractivity contribution in [2.45, 2.75) is 12.8 Å². The van der Waals surface area contributed by atoms with E-state index < -0.39 is 11.8 Å². The van der Waals surface area contributed by atoms with Crippen LogP contribution in [-0.2, 0) is 9.53 Å². The second-order valence-electron chi connectivity index (χ2n) is 4.57. The Balaban J connectivity index is 2.22. The molecule has 1 aromatic carbocycles. The van der Waals surface area contributed by atoms with Crippen LogP contribution in [0.1, 0.15) is 23.3 Å². The third-order valence-corrected chi connectivity index (χ3v) is 3.43. The summed E-state index contributed by atoms with van der Waals surface area (Å²) < 4.78 is 4.47. The van der Waals surface area contributed by atoms with Gasteiger partial charge in [-0.15, -0.1) is 0 Å². The van der Waals surface area contributed by atoms with Crippen LogP contribution in [0.3, 0.4) is 0 Å². The van der Waals surface area contributed by atoms with E-state index in [0.717, 1.165) is 0 Å². The fourth-order valence-corrected chi connectivity index (χ4v) is 2.19. The van der Waals surface area contributed by atoms with Gasteiger partial charge in [0.2, 0.25) is 0 Å². The Labute approximate surface area is 132 Å². The highest BCUT2D eigenvalue weighted by Crippen LogP contribution is 2.30. The number of halogens is 1. The predicted octanol–water partition coefficient (Wildman–Crippen LogP) is 3.24. The number of nitrogens with zero attached hydrogens (tertiary/aromatic N) is 1. The number of Topliss-reactive ketones (excluding diaryl/α,β-unsaturated/α-hetero) is 1. The Morgan fingerprint density at radius 3 is 2.64 bits per heavy atom. The monoisotopic (exact) mass is 319 g/mol. The van der Waals surface area contributed by atoms with E-state index in [0.29, 0.717) is 16.1 Å². The molecule has 1 N–H and O–H groups in total.